The molecule has 0 aliphatic heterocycles. The van der Waals surface area contributed by atoms with Gasteiger partial charge in [-0.25, -0.2) is 0 Å². The van der Waals surface area contributed by atoms with Crippen LogP contribution in [-0.4, -0.2) is 0 Å². The number of benzene rings is 25. The summed E-state index contributed by atoms with van der Waals surface area (Å²) in [6.07, 6.45) is 0. The molecule has 0 amide bonds. The number of fused-ring (bicyclic) bond motifs is 8. The second-order valence-corrected chi connectivity index (χ2v) is 34.6. The fraction of sp³-hybridized carbons (Fsp3) is 0. The van der Waals surface area contributed by atoms with Crippen LogP contribution in [-0.2, 0) is 0 Å². The average Bonchev–Trinajstić information content (AvgIpc) is 0.726. The quantitative estimate of drug-likeness (QED) is 0.0952. The van der Waals surface area contributed by atoms with Crippen molar-refractivity contribution >= 4 is 86.2 Å². The van der Waals surface area contributed by atoms with Crippen molar-refractivity contribution in [1.82, 2.24) is 0 Å². The van der Waals surface area contributed by atoms with Crippen LogP contribution < -0.4 is 0 Å². The van der Waals surface area contributed by atoms with E-state index in [0.29, 0.717) is 0 Å². The van der Waals surface area contributed by atoms with Gasteiger partial charge in [0, 0.05) is 0 Å². The Bertz CT molecular complexity index is 8380. The molecule has 25 aromatic carbocycles. The summed E-state index contributed by atoms with van der Waals surface area (Å²) < 4.78 is 0. The van der Waals surface area contributed by atoms with E-state index in [4.69, 9.17) is 0 Å². The van der Waals surface area contributed by atoms with Crippen LogP contribution in [0.2, 0.25) is 0 Å². The topological polar surface area (TPSA) is 0 Å². The van der Waals surface area contributed by atoms with Crippen molar-refractivity contribution in [1.29, 1.82) is 0 Å². The highest BCUT2D eigenvalue weighted by atomic mass is 14.3. The summed E-state index contributed by atoms with van der Waals surface area (Å²) in [6.45, 7) is 0. The molecule has 0 heterocycles. The summed E-state index contributed by atoms with van der Waals surface area (Å²) >= 11 is 0. The number of rotatable bonds is 14. The van der Waals surface area contributed by atoms with Crippen molar-refractivity contribution in [3.8, 4) is 156 Å². The fourth-order valence-corrected chi connectivity index (χ4v) is 20.5. The molecule has 0 radical (unpaired) electrons. The van der Waals surface area contributed by atoms with Gasteiger partial charge in [-0.05, 0) is 254 Å². The zero-order valence-corrected chi connectivity index (χ0v) is 74.0. The van der Waals surface area contributed by atoms with E-state index < -0.39 is 0 Å². The van der Waals surface area contributed by atoms with Gasteiger partial charge in [0.05, 0.1) is 0 Å². The largest absolute Gasteiger partial charge is 0.0622 e. The summed E-state index contributed by atoms with van der Waals surface area (Å²) in [7, 11) is 0. The van der Waals surface area contributed by atoms with E-state index in [1.54, 1.807) is 0 Å². The molecule has 0 N–H and O–H groups in total. The molecule has 134 heavy (non-hydrogen) atoms. The molecule has 0 bridgehead atoms. The Kier molecular flexibility index (Phi) is 21.9. The Morgan fingerprint density at radius 3 is 0.463 bits per heavy atom. The first-order chi connectivity index (χ1) is 66.5. The van der Waals surface area contributed by atoms with Crippen LogP contribution >= 0.6 is 0 Å². The van der Waals surface area contributed by atoms with Gasteiger partial charge in [-0.1, -0.05) is 534 Å². The highest BCUT2D eigenvalue weighted by Gasteiger charge is 2.24. The molecule has 0 aliphatic rings. The van der Waals surface area contributed by atoms with E-state index in [9.17, 15) is 0 Å². The van der Waals surface area contributed by atoms with Gasteiger partial charge in [0.2, 0.25) is 0 Å². The van der Waals surface area contributed by atoms with Gasteiger partial charge in [0.1, 0.15) is 0 Å². The summed E-state index contributed by atoms with van der Waals surface area (Å²) in [5.41, 5.74) is 34.9. The third-order valence-electron chi connectivity index (χ3n) is 26.8. The third-order valence-corrected chi connectivity index (χ3v) is 26.8. The minimum atomic E-state index is 1.22. The lowest BCUT2D eigenvalue weighted by atomic mass is 9.82. The molecule has 626 valence electrons. The Labute approximate surface area is 782 Å². The molecular weight excluding hydrogens is 1610 g/mol. The summed E-state index contributed by atoms with van der Waals surface area (Å²) in [5, 5.41) is 20.3. The maximum absolute atomic E-state index is 2.35. The Morgan fingerprint density at radius 1 is 0.0746 bits per heavy atom. The van der Waals surface area contributed by atoms with Crippen LogP contribution in [0.25, 0.3) is 242 Å². The molecule has 0 unspecified atom stereocenters. The first-order valence-electron chi connectivity index (χ1n) is 46.3. The van der Waals surface area contributed by atoms with Gasteiger partial charge in [0.25, 0.3) is 0 Å². The molecule has 25 rings (SSSR count). The number of hydrogen-bond acceptors (Lipinski definition) is 0. The van der Waals surface area contributed by atoms with Crippen molar-refractivity contribution in [3.63, 3.8) is 0 Å². The minimum Gasteiger partial charge on any atom is -0.0622 e. The lowest BCUT2D eigenvalue weighted by Gasteiger charge is -2.21. The number of hydrogen-bond donors (Lipinski definition) is 0. The van der Waals surface area contributed by atoms with E-state index in [1.165, 1.54) is 242 Å². The highest BCUT2D eigenvalue weighted by Crippen LogP contribution is 2.51. The SMILES string of the molecule is c1ccc(-c2ccc(-c3c4ccccc4c(-c4ccccc4-c4c5ccccc5cc5ccccc45)c4ccccc34)cc2)cc1.c1ccc(-c2ccc(-c3ccc(-c4c5ccccc5c(-c5ccc(-c6ccccc6)cc5)c5ccccc45)cc3)cc2)cc1.c1ccc(-c2ccc(-c3cccc(-c4c5ccccc5c(-c5ccc(-c6ccccc6)cc5)c5ccccc45)c3)cc2)cc1. The van der Waals surface area contributed by atoms with Gasteiger partial charge >= 0.3 is 0 Å². The molecule has 0 fully saturated rings. The molecule has 25 aromatic rings. The van der Waals surface area contributed by atoms with Gasteiger partial charge in [0.15, 0.2) is 0 Å². The van der Waals surface area contributed by atoms with Gasteiger partial charge in [-0.15, -0.1) is 0 Å². The molecule has 0 nitrogen and oxygen atoms in total. The Balaban J connectivity index is 0.000000114. The van der Waals surface area contributed by atoms with E-state index in [1.807, 2.05) is 0 Å². The Morgan fingerprint density at radius 2 is 0.224 bits per heavy atom. The lowest BCUT2D eigenvalue weighted by molar-refractivity contribution is 1.58. The van der Waals surface area contributed by atoms with Crippen LogP contribution in [0.4, 0.5) is 0 Å². The molecule has 0 spiro atoms. The van der Waals surface area contributed by atoms with E-state index >= 15 is 0 Å². The van der Waals surface area contributed by atoms with Crippen molar-refractivity contribution < 1.29 is 0 Å². The normalized spacial score (nSPS) is 11.3. The Hall–Kier alpha value is -17.4. The van der Waals surface area contributed by atoms with Gasteiger partial charge in [-0.3, -0.25) is 0 Å². The average molecular weight is 1700 g/mol. The van der Waals surface area contributed by atoms with E-state index in [-0.39, 0.29) is 0 Å². The van der Waals surface area contributed by atoms with Crippen molar-refractivity contribution in [3.05, 3.63) is 546 Å². The molecule has 0 atom stereocenters. The molecule has 0 aliphatic carbocycles. The first kappa shape index (κ1) is 81.1. The van der Waals surface area contributed by atoms with E-state index in [0.717, 1.165) is 0 Å². The third kappa shape index (κ3) is 15.6. The predicted molar refractivity (Wildman–Crippen MR) is 575 cm³/mol. The zero-order valence-electron chi connectivity index (χ0n) is 74.0. The molecule has 0 heteroatoms. The smallest absolute Gasteiger partial charge is 0.00201 e. The van der Waals surface area contributed by atoms with Crippen molar-refractivity contribution in [2.75, 3.05) is 0 Å². The highest BCUT2D eigenvalue weighted by molar-refractivity contribution is 6.26. The summed E-state index contributed by atoms with van der Waals surface area (Å²) in [5.74, 6) is 0. The minimum absolute atomic E-state index is 1.22. The van der Waals surface area contributed by atoms with Crippen molar-refractivity contribution in [2.45, 2.75) is 0 Å². The fourth-order valence-electron chi connectivity index (χ4n) is 20.5. The van der Waals surface area contributed by atoms with Crippen LogP contribution in [0, 0.1) is 0 Å². The monoisotopic (exact) mass is 1700 g/mol. The molecule has 0 saturated heterocycles. The summed E-state index contributed by atoms with van der Waals surface area (Å²) in [4.78, 5) is 0. The maximum Gasteiger partial charge on any atom is -0.00201 e. The van der Waals surface area contributed by atoms with Crippen LogP contribution in [0.5, 0.6) is 0 Å². The molecule has 0 aromatic heterocycles. The lowest BCUT2D eigenvalue weighted by Crippen LogP contribution is -1.94. The maximum atomic E-state index is 2.35. The van der Waals surface area contributed by atoms with Crippen LogP contribution in [0.3, 0.4) is 0 Å². The molecule has 0 saturated carbocycles. The van der Waals surface area contributed by atoms with E-state index in [2.05, 4.69) is 546 Å². The first-order valence-corrected chi connectivity index (χ1v) is 46.3. The van der Waals surface area contributed by atoms with Crippen molar-refractivity contribution in [2.24, 2.45) is 0 Å². The van der Waals surface area contributed by atoms with Gasteiger partial charge in [-0.2, -0.15) is 0 Å². The predicted octanol–water partition coefficient (Wildman–Crippen LogP) is 37.6. The van der Waals surface area contributed by atoms with Crippen LogP contribution in [0.1, 0.15) is 0 Å². The molecular formula is C134H90. The summed E-state index contributed by atoms with van der Waals surface area (Å²) in [6, 6.07) is 198. The second kappa shape index (κ2) is 36.3. The van der Waals surface area contributed by atoms with Gasteiger partial charge < -0.3 is 0 Å². The standard InChI is InChI=1S/C46H30.2C44H30/c1-2-14-31(15-3-1)32-26-28-33(29-27-32)44-38-20-8-10-22-40(38)46(41-23-11-9-21-39(41)44)43-25-13-12-24-42(43)45-36-18-6-4-16-34(36)30-35-17-5-7-19-37(35)45;1-3-12-31(13-4-1)33-22-24-35(25-23-33)37-16-11-17-38(30-37)44-41-20-9-7-18-39(41)43(40-19-8-10-21-42(40)44)36-28-26-34(27-29-36)32-14-5-2-6-15-32;1-3-11-31(12-4-1)33-19-21-35(22-20-33)36-25-29-38(30-26-36)44-41-17-9-7-15-39(41)43(40-16-8-10-18-42(40)44)37-27-23-34(24-28-37)32-13-5-2-6-14-32/h1-30H;2*1-30H. The zero-order chi connectivity index (χ0) is 89.0. The van der Waals surface area contributed by atoms with Crippen LogP contribution in [0.15, 0.2) is 546 Å². The second-order valence-electron chi connectivity index (χ2n) is 34.6.